The van der Waals surface area contributed by atoms with Gasteiger partial charge in [0, 0.05) is 24.8 Å². The molecule has 2 heterocycles. The van der Waals surface area contributed by atoms with Crippen LogP contribution in [-0.2, 0) is 9.84 Å². The zero-order valence-electron chi connectivity index (χ0n) is 15.5. The molecule has 0 radical (unpaired) electrons. The van der Waals surface area contributed by atoms with Crippen molar-refractivity contribution in [2.24, 2.45) is 0 Å². The van der Waals surface area contributed by atoms with E-state index in [1.807, 2.05) is 4.90 Å². The van der Waals surface area contributed by atoms with E-state index in [4.69, 9.17) is 4.74 Å². The lowest BCUT2D eigenvalue weighted by molar-refractivity contribution is 0.102. The highest BCUT2D eigenvalue weighted by Crippen LogP contribution is 2.22. The summed E-state index contributed by atoms with van der Waals surface area (Å²) in [5.74, 6) is 1.59. The first-order chi connectivity index (χ1) is 12.8. The molecule has 0 aliphatic carbocycles. The fourth-order valence-corrected chi connectivity index (χ4v) is 4.76. The van der Waals surface area contributed by atoms with Gasteiger partial charge >= 0.3 is 0 Å². The molecule has 2 aromatic rings. The summed E-state index contributed by atoms with van der Waals surface area (Å²) in [6, 6.07) is 8.40. The van der Waals surface area contributed by atoms with Gasteiger partial charge in [-0.2, -0.15) is 0 Å². The second-order valence-corrected chi connectivity index (χ2v) is 8.74. The van der Waals surface area contributed by atoms with Crippen LogP contribution in [0.3, 0.4) is 0 Å². The summed E-state index contributed by atoms with van der Waals surface area (Å²) in [5, 5.41) is 2.79. The van der Waals surface area contributed by atoms with Crippen LogP contribution in [-0.4, -0.2) is 56.0 Å². The topological polar surface area (TPSA) is 101 Å². The lowest BCUT2D eigenvalue weighted by Crippen LogP contribution is -2.33. The number of carbonyl (C=O) groups is 1. The predicted molar refractivity (Wildman–Crippen MR) is 103 cm³/mol. The van der Waals surface area contributed by atoms with Gasteiger partial charge in [0.2, 0.25) is 0 Å². The molecular weight excluding hydrogens is 368 g/mol. The number of methoxy groups -OCH3 is 1. The number of ether oxygens (including phenoxy) is 1. The van der Waals surface area contributed by atoms with Crippen molar-refractivity contribution in [2.75, 3.05) is 35.9 Å². The second kappa shape index (κ2) is 7.51. The van der Waals surface area contributed by atoms with Crippen molar-refractivity contribution in [2.45, 2.75) is 19.4 Å². The Morgan fingerprint density at radius 3 is 2.56 bits per heavy atom. The zero-order chi connectivity index (χ0) is 19.6. The molecule has 1 fully saturated rings. The number of benzene rings is 1. The Morgan fingerprint density at radius 2 is 1.96 bits per heavy atom. The van der Waals surface area contributed by atoms with E-state index in [0.29, 0.717) is 29.5 Å². The van der Waals surface area contributed by atoms with E-state index in [1.165, 1.54) is 0 Å². The molecule has 1 aromatic carbocycles. The predicted octanol–water partition coefficient (Wildman–Crippen LogP) is 1.67. The third kappa shape index (κ3) is 4.54. The number of anilines is 2. The monoisotopic (exact) mass is 390 g/mol. The Balaban J connectivity index is 1.78. The van der Waals surface area contributed by atoms with Crippen molar-refractivity contribution in [3.05, 3.63) is 41.9 Å². The average Bonchev–Trinajstić information content (AvgIpc) is 3.01. The Bertz CT molecular complexity index is 944. The molecule has 144 valence electrons. The molecule has 0 bridgehead atoms. The van der Waals surface area contributed by atoms with Gasteiger partial charge in [-0.3, -0.25) is 4.79 Å². The molecule has 1 unspecified atom stereocenters. The largest absolute Gasteiger partial charge is 0.497 e. The number of aryl methyl sites for hydroxylation is 1. The molecule has 1 aliphatic heterocycles. The Kier molecular flexibility index (Phi) is 5.31. The molecule has 0 saturated carbocycles. The number of hydrogen-bond donors (Lipinski definition) is 1. The fraction of sp³-hybridized carbons (Fsp3) is 0.389. The van der Waals surface area contributed by atoms with E-state index >= 15 is 0 Å². The normalized spacial score (nSPS) is 18.1. The molecule has 1 atom stereocenters. The van der Waals surface area contributed by atoms with Gasteiger partial charge in [0.25, 0.3) is 5.91 Å². The van der Waals surface area contributed by atoms with Crippen LogP contribution in [0.5, 0.6) is 5.75 Å². The van der Waals surface area contributed by atoms with Crippen LogP contribution in [0.25, 0.3) is 0 Å². The van der Waals surface area contributed by atoms with Crippen LogP contribution in [0.2, 0.25) is 0 Å². The van der Waals surface area contributed by atoms with Crippen molar-refractivity contribution in [3.63, 3.8) is 0 Å². The summed E-state index contributed by atoms with van der Waals surface area (Å²) < 4.78 is 28.6. The van der Waals surface area contributed by atoms with E-state index in [2.05, 4.69) is 15.3 Å². The molecule has 1 saturated heterocycles. The van der Waals surface area contributed by atoms with Crippen LogP contribution in [0.15, 0.2) is 30.3 Å². The molecule has 8 nitrogen and oxygen atoms in total. The van der Waals surface area contributed by atoms with Crippen molar-refractivity contribution < 1.29 is 17.9 Å². The molecular formula is C18H22N4O4S. The van der Waals surface area contributed by atoms with Crippen molar-refractivity contribution in [1.29, 1.82) is 0 Å². The third-order valence-corrected chi connectivity index (χ3v) is 6.27. The van der Waals surface area contributed by atoms with Crippen LogP contribution in [0.1, 0.15) is 22.7 Å². The highest BCUT2D eigenvalue weighted by atomic mass is 32.2. The molecule has 27 heavy (non-hydrogen) atoms. The highest BCUT2D eigenvalue weighted by Gasteiger charge is 2.31. The molecule has 1 aromatic heterocycles. The minimum atomic E-state index is -3.01. The third-order valence-electron chi connectivity index (χ3n) is 4.52. The van der Waals surface area contributed by atoms with E-state index in [1.54, 1.807) is 51.4 Å². The zero-order valence-corrected chi connectivity index (χ0v) is 16.3. The van der Waals surface area contributed by atoms with Crippen LogP contribution < -0.4 is 15.0 Å². The maximum atomic E-state index is 12.6. The van der Waals surface area contributed by atoms with E-state index in [9.17, 15) is 13.2 Å². The van der Waals surface area contributed by atoms with Crippen LogP contribution in [0.4, 0.5) is 11.5 Å². The SMILES string of the molecule is COc1ccc(NC(=O)c2cc(N(C)C3CCS(=O)(=O)C3)nc(C)n2)cc1. The summed E-state index contributed by atoms with van der Waals surface area (Å²) in [6.07, 6.45) is 0.551. The number of sulfone groups is 1. The molecule has 1 aliphatic rings. The smallest absolute Gasteiger partial charge is 0.274 e. The Labute approximate surface area is 158 Å². The molecule has 0 spiro atoms. The number of carbonyl (C=O) groups excluding carboxylic acids is 1. The first-order valence-corrected chi connectivity index (χ1v) is 10.3. The van der Waals surface area contributed by atoms with Gasteiger partial charge in [-0.1, -0.05) is 0 Å². The minimum absolute atomic E-state index is 0.0972. The van der Waals surface area contributed by atoms with Crippen LogP contribution >= 0.6 is 0 Å². The maximum absolute atomic E-state index is 12.6. The maximum Gasteiger partial charge on any atom is 0.274 e. The van der Waals surface area contributed by atoms with Gasteiger partial charge in [0.05, 0.1) is 18.6 Å². The van der Waals surface area contributed by atoms with Gasteiger partial charge < -0.3 is 15.0 Å². The molecule has 3 rings (SSSR count). The van der Waals surface area contributed by atoms with Gasteiger partial charge in [-0.25, -0.2) is 18.4 Å². The van der Waals surface area contributed by atoms with E-state index in [-0.39, 0.29) is 29.1 Å². The summed E-state index contributed by atoms with van der Waals surface area (Å²) in [4.78, 5) is 23.0. The standard InChI is InChI=1S/C18H22N4O4S/c1-12-19-16(18(23)21-13-4-6-15(26-3)7-5-13)10-17(20-12)22(2)14-8-9-27(24,25)11-14/h4-7,10,14H,8-9,11H2,1-3H3,(H,21,23). The molecule has 1 N–H and O–H groups in total. The van der Waals surface area contributed by atoms with Gasteiger partial charge in [-0.05, 0) is 37.6 Å². The average molecular weight is 390 g/mol. The summed E-state index contributed by atoms with van der Waals surface area (Å²) in [5.41, 5.74) is 0.842. The molecule has 9 heteroatoms. The quantitative estimate of drug-likeness (QED) is 0.828. The van der Waals surface area contributed by atoms with Crippen molar-refractivity contribution >= 4 is 27.2 Å². The number of nitrogens with zero attached hydrogens (tertiary/aromatic N) is 3. The Hall–Kier alpha value is -2.68. The lowest BCUT2D eigenvalue weighted by atomic mass is 10.2. The summed E-state index contributed by atoms with van der Waals surface area (Å²) in [6.45, 7) is 1.70. The highest BCUT2D eigenvalue weighted by molar-refractivity contribution is 7.91. The Morgan fingerprint density at radius 1 is 1.26 bits per heavy atom. The lowest BCUT2D eigenvalue weighted by Gasteiger charge is -2.25. The van der Waals surface area contributed by atoms with Crippen molar-refractivity contribution in [1.82, 2.24) is 9.97 Å². The first kappa shape index (κ1) is 19.1. The number of rotatable bonds is 5. The van der Waals surface area contributed by atoms with Crippen molar-refractivity contribution in [3.8, 4) is 5.75 Å². The fourth-order valence-electron chi connectivity index (χ4n) is 2.99. The first-order valence-electron chi connectivity index (χ1n) is 8.52. The summed E-state index contributed by atoms with van der Waals surface area (Å²) in [7, 11) is 0.358. The van der Waals surface area contributed by atoms with Gasteiger partial charge in [-0.15, -0.1) is 0 Å². The number of aromatic nitrogens is 2. The minimum Gasteiger partial charge on any atom is -0.497 e. The van der Waals surface area contributed by atoms with Gasteiger partial charge in [0.1, 0.15) is 23.1 Å². The van der Waals surface area contributed by atoms with E-state index < -0.39 is 9.84 Å². The number of hydrogen-bond acceptors (Lipinski definition) is 7. The number of amides is 1. The number of nitrogens with one attached hydrogen (secondary N) is 1. The second-order valence-electron chi connectivity index (χ2n) is 6.51. The van der Waals surface area contributed by atoms with Crippen LogP contribution in [0, 0.1) is 6.92 Å². The van der Waals surface area contributed by atoms with E-state index in [0.717, 1.165) is 0 Å². The molecule has 1 amide bonds. The summed E-state index contributed by atoms with van der Waals surface area (Å²) >= 11 is 0. The van der Waals surface area contributed by atoms with Gasteiger partial charge in [0.15, 0.2) is 9.84 Å².